The van der Waals surface area contributed by atoms with Crippen LogP contribution >= 0.6 is 0 Å². The number of carboxylic acid groups (broad SMARTS) is 1. The van der Waals surface area contributed by atoms with E-state index in [-0.39, 0.29) is 11.8 Å². The van der Waals surface area contributed by atoms with E-state index in [0.717, 1.165) is 0 Å². The van der Waals surface area contributed by atoms with Gasteiger partial charge in [-0.25, -0.2) is 0 Å². The summed E-state index contributed by atoms with van der Waals surface area (Å²) >= 11 is 0. The van der Waals surface area contributed by atoms with Crippen molar-refractivity contribution in [1.82, 2.24) is 10.6 Å². The van der Waals surface area contributed by atoms with Crippen LogP contribution in [-0.2, 0) is 19.2 Å². The average Bonchev–Trinajstić information content (AvgIpc) is 2.24. The molecule has 0 aliphatic rings. The zero-order valence-corrected chi connectivity index (χ0v) is 11.8. The molecule has 0 heterocycles. The standard InChI is InChI=1S/C12H21N3O5/c1-6(2)4-9(14-7(3)16)12(20)15-8(11(13)19)5-10(17)18/h6,8-9H,4-5H2,1-3H3,(H2,13,19)(H,14,16)(H,15,20)(H,17,18). The van der Waals surface area contributed by atoms with Crippen molar-refractivity contribution in [3.05, 3.63) is 0 Å². The van der Waals surface area contributed by atoms with Crippen LogP contribution in [-0.4, -0.2) is 40.9 Å². The molecule has 114 valence electrons. The molecular weight excluding hydrogens is 266 g/mol. The third-order valence-corrected chi connectivity index (χ3v) is 2.44. The number of carbonyl (C=O) groups excluding carboxylic acids is 3. The van der Waals surface area contributed by atoms with Gasteiger partial charge < -0.3 is 21.5 Å². The summed E-state index contributed by atoms with van der Waals surface area (Å²) in [6.45, 7) is 5.00. The predicted octanol–water partition coefficient (Wildman–Crippen LogP) is -1.02. The highest BCUT2D eigenvalue weighted by Crippen LogP contribution is 2.06. The number of nitrogens with two attached hydrogens (primary N) is 1. The summed E-state index contributed by atoms with van der Waals surface area (Å²) in [7, 11) is 0. The van der Waals surface area contributed by atoms with Gasteiger partial charge in [0.15, 0.2) is 0 Å². The number of hydrogen-bond acceptors (Lipinski definition) is 4. The lowest BCUT2D eigenvalue weighted by Crippen LogP contribution is -2.53. The van der Waals surface area contributed by atoms with E-state index in [9.17, 15) is 19.2 Å². The maximum Gasteiger partial charge on any atom is 0.305 e. The molecule has 20 heavy (non-hydrogen) atoms. The molecule has 0 aromatic carbocycles. The Morgan fingerprint density at radius 3 is 2.00 bits per heavy atom. The fourth-order valence-electron chi connectivity index (χ4n) is 1.62. The van der Waals surface area contributed by atoms with Gasteiger partial charge >= 0.3 is 5.97 Å². The molecule has 0 aliphatic heterocycles. The molecular formula is C12H21N3O5. The van der Waals surface area contributed by atoms with Crippen molar-refractivity contribution in [1.29, 1.82) is 0 Å². The summed E-state index contributed by atoms with van der Waals surface area (Å²) in [4.78, 5) is 44.7. The maximum atomic E-state index is 12.0. The van der Waals surface area contributed by atoms with Crippen LogP contribution in [0.1, 0.15) is 33.6 Å². The molecule has 2 unspecified atom stereocenters. The van der Waals surface area contributed by atoms with Gasteiger partial charge in [0.1, 0.15) is 12.1 Å². The van der Waals surface area contributed by atoms with Crippen molar-refractivity contribution >= 4 is 23.7 Å². The molecule has 0 fully saturated rings. The van der Waals surface area contributed by atoms with Gasteiger partial charge in [0, 0.05) is 6.92 Å². The zero-order valence-electron chi connectivity index (χ0n) is 11.8. The molecule has 0 rings (SSSR count). The van der Waals surface area contributed by atoms with E-state index >= 15 is 0 Å². The number of primary amides is 1. The summed E-state index contributed by atoms with van der Waals surface area (Å²) in [6.07, 6.45) is -0.237. The lowest BCUT2D eigenvalue weighted by molar-refractivity contribution is -0.140. The quantitative estimate of drug-likeness (QED) is 0.452. The molecule has 0 radical (unpaired) electrons. The second-order valence-electron chi connectivity index (χ2n) is 4.94. The van der Waals surface area contributed by atoms with Crippen LogP contribution in [0.3, 0.4) is 0 Å². The fraction of sp³-hybridized carbons (Fsp3) is 0.667. The Hall–Kier alpha value is -2.12. The highest BCUT2D eigenvalue weighted by molar-refractivity contribution is 5.92. The minimum Gasteiger partial charge on any atom is -0.481 e. The Morgan fingerprint density at radius 2 is 1.65 bits per heavy atom. The molecule has 8 heteroatoms. The van der Waals surface area contributed by atoms with Crippen LogP contribution in [0.4, 0.5) is 0 Å². The summed E-state index contributed by atoms with van der Waals surface area (Å²) in [5, 5.41) is 13.4. The van der Waals surface area contributed by atoms with E-state index in [0.29, 0.717) is 6.42 Å². The zero-order chi connectivity index (χ0) is 15.9. The van der Waals surface area contributed by atoms with Crippen LogP contribution < -0.4 is 16.4 Å². The Morgan fingerprint density at radius 1 is 1.10 bits per heavy atom. The Labute approximate surface area is 117 Å². The van der Waals surface area contributed by atoms with E-state index < -0.39 is 36.3 Å². The molecule has 0 aromatic rings. The summed E-state index contributed by atoms with van der Waals surface area (Å²) < 4.78 is 0. The van der Waals surface area contributed by atoms with Crippen molar-refractivity contribution < 1.29 is 24.3 Å². The highest BCUT2D eigenvalue weighted by Gasteiger charge is 2.26. The highest BCUT2D eigenvalue weighted by atomic mass is 16.4. The molecule has 0 spiro atoms. The van der Waals surface area contributed by atoms with Gasteiger partial charge in [-0.15, -0.1) is 0 Å². The number of carbonyl (C=O) groups is 4. The van der Waals surface area contributed by atoms with Gasteiger partial charge in [0.05, 0.1) is 6.42 Å². The van der Waals surface area contributed by atoms with Gasteiger partial charge in [-0.05, 0) is 12.3 Å². The lowest BCUT2D eigenvalue weighted by Gasteiger charge is -2.22. The van der Waals surface area contributed by atoms with Crippen LogP contribution in [0, 0.1) is 5.92 Å². The van der Waals surface area contributed by atoms with Crippen molar-refractivity contribution in [3.63, 3.8) is 0 Å². The first kappa shape index (κ1) is 17.9. The van der Waals surface area contributed by atoms with Crippen LogP contribution in [0.2, 0.25) is 0 Å². The molecule has 0 bridgehead atoms. The van der Waals surface area contributed by atoms with Crippen molar-refractivity contribution in [2.45, 2.75) is 45.7 Å². The molecule has 3 amide bonds. The number of carboxylic acids is 1. The first-order chi connectivity index (χ1) is 9.13. The Balaban J connectivity index is 4.81. The lowest BCUT2D eigenvalue weighted by atomic mass is 10.0. The fourth-order valence-corrected chi connectivity index (χ4v) is 1.62. The topological polar surface area (TPSA) is 139 Å². The minimum absolute atomic E-state index is 0.129. The molecule has 5 N–H and O–H groups in total. The largest absolute Gasteiger partial charge is 0.481 e. The average molecular weight is 287 g/mol. The third kappa shape index (κ3) is 7.34. The predicted molar refractivity (Wildman–Crippen MR) is 70.4 cm³/mol. The Bertz CT molecular complexity index is 395. The first-order valence-electron chi connectivity index (χ1n) is 6.22. The molecule has 8 nitrogen and oxygen atoms in total. The molecule has 2 atom stereocenters. The van der Waals surface area contributed by atoms with Crippen molar-refractivity contribution in [2.75, 3.05) is 0 Å². The number of hydrogen-bond donors (Lipinski definition) is 4. The van der Waals surface area contributed by atoms with Gasteiger partial charge in [-0.2, -0.15) is 0 Å². The van der Waals surface area contributed by atoms with Gasteiger partial charge in [-0.3, -0.25) is 19.2 Å². The number of amides is 3. The van der Waals surface area contributed by atoms with Crippen LogP contribution in [0.25, 0.3) is 0 Å². The SMILES string of the molecule is CC(=O)NC(CC(C)C)C(=O)NC(CC(=O)O)C(N)=O. The normalized spacial score (nSPS) is 13.4. The smallest absolute Gasteiger partial charge is 0.305 e. The number of nitrogens with one attached hydrogen (secondary N) is 2. The minimum atomic E-state index is -1.30. The van der Waals surface area contributed by atoms with Gasteiger partial charge in [0.2, 0.25) is 17.7 Å². The van der Waals surface area contributed by atoms with E-state index in [4.69, 9.17) is 10.8 Å². The first-order valence-corrected chi connectivity index (χ1v) is 6.22. The summed E-state index contributed by atoms with van der Waals surface area (Å²) in [6, 6.07) is -2.13. The summed E-state index contributed by atoms with van der Waals surface area (Å²) in [5.74, 6) is -3.08. The van der Waals surface area contributed by atoms with Crippen molar-refractivity contribution in [2.24, 2.45) is 11.7 Å². The molecule has 0 aromatic heterocycles. The maximum absolute atomic E-state index is 12.0. The molecule has 0 saturated heterocycles. The number of aliphatic carboxylic acids is 1. The van der Waals surface area contributed by atoms with Gasteiger partial charge in [0.25, 0.3) is 0 Å². The second-order valence-corrected chi connectivity index (χ2v) is 4.94. The van der Waals surface area contributed by atoms with E-state index in [1.165, 1.54) is 6.92 Å². The monoisotopic (exact) mass is 287 g/mol. The van der Waals surface area contributed by atoms with Crippen molar-refractivity contribution in [3.8, 4) is 0 Å². The van der Waals surface area contributed by atoms with E-state index in [1.54, 1.807) is 0 Å². The number of rotatable bonds is 8. The second kappa shape index (κ2) is 8.13. The molecule has 0 saturated carbocycles. The van der Waals surface area contributed by atoms with E-state index in [2.05, 4.69) is 10.6 Å². The Kier molecular flexibility index (Phi) is 7.27. The van der Waals surface area contributed by atoms with Crippen LogP contribution in [0.5, 0.6) is 0 Å². The van der Waals surface area contributed by atoms with E-state index in [1.807, 2.05) is 13.8 Å². The third-order valence-electron chi connectivity index (χ3n) is 2.44. The summed E-state index contributed by atoms with van der Waals surface area (Å²) in [5.41, 5.74) is 5.03. The van der Waals surface area contributed by atoms with Gasteiger partial charge in [-0.1, -0.05) is 13.8 Å². The van der Waals surface area contributed by atoms with Crippen LogP contribution in [0.15, 0.2) is 0 Å². The molecule has 0 aliphatic carbocycles.